The molecule has 3 aromatic carbocycles. The maximum atomic E-state index is 6.76. The third-order valence-corrected chi connectivity index (χ3v) is 10.1. The zero-order valence-electron chi connectivity index (χ0n) is 28.5. The zero-order valence-corrected chi connectivity index (χ0v) is 29.2. The SMILES string of the molecule is CCN(CC)C(CC1CCC(C(c2ccc(Cl)cc2)N(C)C)CC1)c1nc(Cc2ccccc2)c(NC(C)Cc2ccccc2)o1. The van der Waals surface area contributed by atoms with Crippen LogP contribution >= 0.6 is 11.6 Å². The maximum absolute atomic E-state index is 6.76. The first-order valence-electron chi connectivity index (χ1n) is 17.3. The molecular weight excluding hydrogens is 588 g/mol. The third kappa shape index (κ3) is 9.02. The maximum Gasteiger partial charge on any atom is 0.217 e. The van der Waals surface area contributed by atoms with Gasteiger partial charge in [0.2, 0.25) is 11.8 Å². The summed E-state index contributed by atoms with van der Waals surface area (Å²) in [6.07, 6.45) is 7.68. The molecule has 1 aromatic heterocycles. The minimum absolute atomic E-state index is 0.159. The molecule has 1 fully saturated rings. The summed E-state index contributed by atoms with van der Waals surface area (Å²) in [7, 11) is 4.42. The number of rotatable bonds is 15. The van der Waals surface area contributed by atoms with E-state index in [0.717, 1.165) is 54.8 Å². The van der Waals surface area contributed by atoms with Crippen LogP contribution in [0.2, 0.25) is 5.02 Å². The lowest BCUT2D eigenvalue weighted by Gasteiger charge is -2.39. The van der Waals surface area contributed by atoms with Crippen LogP contribution in [0.4, 0.5) is 5.88 Å². The molecule has 1 aliphatic rings. The van der Waals surface area contributed by atoms with Crippen LogP contribution in [0, 0.1) is 11.8 Å². The lowest BCUT2D eigenvalue weighted by Crippen LogP contribution is -2.33. The van der Waals surface area contributed by atoms with E-state index in [4.69, 9.17) is 21.0 Å². The molecule has 3 atom stereocenters. The summed E-state index contributed by atoms with van der Waals surface area (Å²) < 4.78 is 6.76. The molecule has 5 rings (SSSR count). The van der Waals surface area contributed by atoms with E-state index < -0.39 is 0 Å². The van der Waals surface area contributed by atoms with Crippen LogP contribution in [0.3, 0.4) is 0 Å². The van der Waals surface area contributed by atoms with E-state index >= 15 is 0 Å². The summed E-state index contributed by atoms with van der Waals surface area (Å²) in [6, 6.07) is 30.6. The first-order valence-corrected chi connectivity index (χ1v) is 17.7. The van der Waals surface area contributed by atoms with Gasteiger partial charge in [0.25, 0.3) is 0 Å². The molecule has 0 saturated heterocycles. The van der Waals surface area contributed by atoms with Crippen molar-refractivity contribution in [3.8, 4) is 0 Å². The number of nitrogens with zero attached hydrogens (tertiary/aromatic N) is 3. The summed E-state index contributed by atoms with van der Waals surface area (Å²) in [5, 5.41) is 4.52. The fourth-order valence-corrected chi connectivity index (χ4v) is 7.68. The van der Waals surface area contributed by atoms with Crippen molar-refractivity contribution in [3.05, 3.63) is 118 Å². The Kier molecular flexibility index (Phi) is 12.4. The number of benzene rings is 3. The van der Waals surface area contributed by atoms with Gasteiger partial charge in [0, 0.05) is 23.5 Å². The van der Waals surface area contributed by atoms with Gasteiger partial charge in [0.15, 0.2) is 0 Å². The molecule has 3 unspecified atom stereocenters. The Morgan fingerprint density at radius 2 is 1.46 bits per heavy atom. The Labute approximate surface area is 282 Å². The highest BCUT2D eigenvalue weighted by Crippen LogP contribution is 2.43. The van der Waals surface area contributed by atoms with Crippen LogP contribution in [0.25, 0.3) is 0 Å². The number of hydrogen-bond donors (Lipinski definition) is 1. The lowest BCUT2D eigenvalue weighted by molar-refractivity contribution is 0.112. The van der Waals surface area contributed by atoms with Crippen molar-refractivity contribution in [1.82, 2.24) is 14.8 Å². The molecule has 6 heteroatoms. The second-order valence-corrected chi connectivity index (χ2v) is 13.9. The molecule has 4 aromatic rings. The topological polar surface area (TPSA) is 44.5 Å². The number of aromatic nitrogens is 1. The van der Waals surface area contributed by atoms with Crippen LogP contribution < -0.4 is 5.32 Å². The molecule has 0 spiro atoms. The summed E-state index contributed by atoms with van der Waals surface area (Å²) >= 11 is 6.22. The molecule has 1 N–H and O–H groups in total. The Hall–Kier alpha value is -3.12. The summed E-state index contributed by atoms with van der Waals surface area (Å²) in [4.78, 5) is 10.2. The molecule has 1 aliphatic carbocycles. The largest absolute Gasteiger partial charge is 0.423 e. The van der Waals surface area contributed by atoms with Gasteiger partial charge >= 0.3 is 0 Å². The van der Waals surface area contributed by atoms with E-state index in [-0.39, 0.29) is 12.1 Å². The number of nitrogens with one attached hydrogen (secondary N) is 1. The fourth-order valence-electron chi connectivity index (χ4n) is 7.55. The number of halogens is 1. The molecule has 0 radical (unpaired) electrons. The van der Waals surface area contributed by atoms with Crippen molar-refractivity contribution in [3.63, 3.8) is 0 Å². The van der Waals surface area contributed by atoms with E-state index in [2.05, 4.69) is 123 Å². The van der Waals surface area contributed by atoms with Gasteiger partial charge in [-0.1, -0.05) is 111 Å². The van der Waals surface area contributed by atoms with Gasteiger partial charge in [-0.25, -0.2) is 4.98 Å². The van der Waals surface area contributed by atoms with Crippen LogP contribution in [0.1, 0.15) is 93.2 Å². The first kappa shape index (κ1) is 34.2. The Morgan fingerprint density at radius 3 is 2.04 bits per heavy atom. The van der Waals surface area contributed by atoms with E-state index in [1.165, 1.54) is 42.4 Å². The molecular formula is C40H53ClN4O. The lowest BCUT2D eigenvalue weighted by atomic mass is 9.74. The van der Waals surface area contributed by atoms with Gasteiger partial charge in [0.05, 0.1) is 6.04 Å². The molecule has 1 heterocycles. The number of hydrogen-bond acceptors (Lipinski definition) is 5. The average Bonchev–Trinajstić information content (AvgIpc) is 3.44. The highest BCUT2D eigenvalue weighted by atomic mass is 35.5. The van der Waals surface area contributed by atoms with Crippen LogP contribution in [-0.2, 0) is 12.8 Å². The van der Waals surface area contributed by atoms with E-state index in [9.17, 15) is 0 Å². The van der Waals surface area contributed by atoms with E-state index in [1.807, 2.05) is 12.1 Å². The molecule has 1 saturated carbocycles. The second-order valence-electron chi connectivity index (χ2n) is 13.4. The first-order chi connectivity index (χ1) is 22.3. The second kappa shape index (κ2) is 16.6. The van der Waals surface area contributed by atoms with E-state index in [0.29, 0.717) is 17.9 Å². The molecule has 5 nitrogen and oxygen atoms in total. The van der Waals surface area contributed by atoms with Gasteiger partial charge in [-0.2, -0.15) is 0 Å². The van der Waals surface area contributed by atoms with Crippen LogP contribution in [0.15, 0.2) is 89.3 Å². The summed E-state index contributed by atoms with van der Waals surface area (Å²) in [6.45, 7) is 8.69. The van der Waals surface area contributed by atoms with Crippen molar-refractivity contribution < 1.29 is 4.42 Å². The van der Waals surface area contributed by atoms with Gasteiger partial charge in [-0.15, -0.1) is 0 Å². The third-order valence-electron chi connectivity index (χ3n) is 9.89. The van der Waals surface area contributed by atoms with Gasteiger partial charge in [-0.3, -0.25) is 4.90 Å². The van der Waals surface area contributed by atoms with E-state index in [1.54, 1.807) is 0 Å². The predicted octanol–water partition coefficient (Wildman–Crippen LogP) is 9.84. The highest BCUT2D eigenvalue weighted by Gasteiger charge is 2.34. The standard InChI is InChI=1S/C40H53ClN4O/c1-6-45(7-2)37(28-32-18-20-33(21-19-32)38(44(4)5)34-22-24-35(41)25-23-34)40-43-36(27-31-16-12-9-13-17-31)39(46-40)42-29(3)26-30-14-10-8-11-15-30/h8-17,22-25,29,32-33,37-38,42H,6-7,18-21,26-28H2,1-5H3. The molecule has 246 valence electrons. The highest BCUT2D eigenvalue weighted by molar-refractivity contribution is 6.30. The predicted molar refractivity (Wildman–Crippen MR) is 193 cm³/mol. The minimum atomic E-state index is 0.159. The van der Waals surface area contributed by atoms with Gasteiger partial charge in [0.1, 0.15) is 5.69 Å². The fraction of sp³-hybridized carbons (Fsp3) is 0.475. The minimum Gasteiger partial charge on any atom is -0.423 e. The monoisotopic (exact) mass is 640 g/mol. The zero-order chi connectivity index (χ0) is 32.5. The molecule has 46 heavy (non-hydrogen) atoms. The van der Waals surface area contributed by atoms with Crippen molar-refractivity contribution in [2.24, 2.45) is 11.8 Å². The van der Waals surface area contributed by atoms with Crippen LogP contribution in [0.5, 0.6) is 0 Å². The number of anilines is 1. The van der Waals surface area contributed by atoms with Crippen molar-refractivity contribution in [1.29, 1.82) is 0 Å². The number of oxazole rings is 1. The van der Waals surface area contributed by atoms with Gasteiger partial charge < -0.3 is 14.6 Å². The molecule has 0 aliphatic heterocycles. The van der Waals surface area contributed by atoms with Crippen molar-refractivity contribution >= 4 is 17.5 Å². The van der Waals surface area contributed by atoms with Crippen LogP contribution in [-0.4, -0.2) is 48.0 Å². The quantitative estimate of drug-likeness (QED) is 0.140. The Bertz CT molecular complexity index is 1440. The Morgan fingerprint density at radius 1 is 0.848 bits per heavy atom. The van der Waals surface area contributed by atoms with Crippen molar-refractivity contribution in [2.45, 2.75) is 83.8 Å². The Balaban J connectivity index is 1.34. The van der Waals surface area contributed by atoms with Gasteiger partial charge in [-0.05, 0) is 100 Å². The van der Waals surface area contributed by atoms with Crippen molar-refractivity contribution in [2.75, 3.05) is 32.5 Å². The molecule has 0 amide bonds. The smallest absolute Gasteiger partial charge is 0.217 e. The normalized spacial score (nSPS) is 18.9. The average molecular weight is 641 g/mol. The summed E-state index contributed by atoms with van der Waals surface area (Å²) in [5.41, 5.74) is 4.93. The summed E-state index contributed by atoms with van der Waals surface area (Å²) in [5.74, 6) is 2.96. The molecule has 0 bridgehead atoms.